The molecule has 0 N–H and O–H groups in total. The molecule has 0 aliphatic carbocycles. The first kappa shape index (κ1) is 15.9. The molecule has 3 nitrogen and oxygen atoms in total. The largest absolute Gasteiger partial charge is 0.378 e. The van der Waals surface area contributed by atoms with Crippen LogP contribution < -0.4 is 4.90 Å². The van der Waals surface area contributed by atoms with E-state index in [9.17, 15) is 0 Å². The minimum Gasteiger partial charge on any atom is -0.378 e. The van der Waals surface area contributed by atoms with Crippen molar-refractivity contribution in [1.82, 2.24) is 4.98 Å². The lowest BCUT2D eigenvalue weighted by Crippen LogP contribution is -2.08. The minimum absolute atomic E-state index is 0.764. The van der Waals surface area contributed by atoms with E-state index in [1.165, 1.54) is 5.69 Å². The van der Waals surface area contributed by atoms with Crippen LogP contribution in [0, 0.1) is 0 Å². The molecule has 0 radical (unpaired) electrons. The molecule has 0 atom stereocenters. The molecule has 0 unspecified atom stereocenters. The van der Waals surface area contributed by atoms with E-state index < -0.39 is 0 Å². The Labute approximate surface area is 148 Å². The van der Waals surface area contributed by atoms with E-state index in [4.69, 9.17) is 0 Å². The number of hydrogen-bond acceptors (Lipinski definition) is 4. The fourth-order valence-corrected chi connectivity index (χ4v) is 3.00. The summed E-state index contributed by atoms with van der Waals surface area (Å²) >= 11 is 4.99. The molecule has 116 valence electrons. The zero-order valence-corrected chi connectivity index (χ0v) is 15.3. The Kier molecular flexibility index (Phi) is 4.88. The maximum Gasteiger partial charge on any atom is 0.209 e. The first-order valence-electron chi connectivity index (χ1n) is 7.15. The van der Waals surface area contributed by atoms with Crippen LogP contribution in [0.25, 0.3) is 11.3 Å². The van der Waals surface area contributed by atoms with Crippen molar-refractivity contribution in [2.75, 3.05) is 19.0 Å². The van der Waals surface area contributed by atoms with Gasteiger partial charge in [0.2, 0.25) is 5.13 Å². The third kappa shape index (κ3) is 4.06. The number of rotatable bonds is 4. The van der Waals surface area contributed by atoms with E-state index in [1.807, 2.05) is 50.0 Å². The molecule has 1 aromatic heterocycles. The SMILES string of the molecule is CN(C)c1ccc(/C=N/c2nc(-c3ccc(Br)cc3)cs2)cc1. The number of hydrogen-bond donors (Lipinski definition) is 0. The number of halogens is 1. The lowest BCUT2D eigenvalue weighted by Gasteiger charge is -2.11. The van der Waals surface area contributed by atoms with Crippen molar-refractivity contribution in [3.63, 3.8) is 0 Å². The number of anilines is 1. The quantitative estimate of drug-likeness (QED) is 0.563. The van der Waals surface area contributed by atoms with Gasteiger partial charge in [0.25, 0.3) is 0 Å². The molecular formula is C18H16BrN3S. The molecule has 0 amide bonds. The second-order valence-electron chi connectivity index (χ2n) is 5.27. The monoisotopic (exact) mass is 385 g/mol. The van der Waals surface area contributed by atoms with E-state index in [-0.39, 0.29) is 0 Å². The zero-order valence-electron chi connectivity index (χ0n) is 12.9. The Bertz CT molecular complexity index is 805. The molecule has 0 aliphatic heterocycles. The van der Waals surface area contributed by atoms with Crippen LogP contribution in [0.3, 0.4) is 0 Å². The molecule has 3 aromatic rings. The van der Waals surface area contributed by atoms with Gasteiger partial charge in [0, 0.05) is 41.4 Å². The number of aliphatic imine (C=N–C) groups is 1. The van der Waals surface area contributed by atoms with Crippen LogP contribution in [-0.4, -0.2) is 25.3 Å². The molecule has 2 aromatic carbocycles. The molecular weight excluding hydrogens is 370 g/mol. The summed E-state index contributed by atoms with van der Waals surface area (Å²) in [5.41, 5.74) is 4.30. The highest BCUT2D eigenvalue weighted by Gasteiger charge is 2.03. The molecule has 0 fully saturated rings. The predicted octanol–water partition coefficient (Wildman–Crippen LogP) is 5.39. The van der Waals surface area contributed by atoms with Gasteiger partial charge >= 0.3 is 0 Å². The Balaban J connectivity index is 1.74. The van der Waals surface area contributed by atoms with E-state index in [1.54, 1.807) is 11.3 Å². The van der Waals surface area contributed by atoms with Gasteiger partial charge < -0.3 is 4.90 Å². The molecule has 0 saturated carbocycles. The van der Waals surface area contributed by atoms with Crippen molar-refractivity contribution < 1.29 is 0 Å². The first-order chi connectivity index (χ1) is 11.1. The summed E-state index contributed by atoms with van der Waals surface area (Å²) in [6.45, 7) is 0. The van der Waals surface area contributed by atoms with Crippen LogP contribution in [0.1, 0.15) is 5.56 Å². The van der Waals surface area contributed by atoms with Gasteiger partial charge in [-0.2, -0.15) is 0 Å². The molecule has 0 aliphatic rings. The highest BCUT2D eigenvalue weighted by atomic mass is 79.9. The Morgan fingerprint density at radius 2 is 1.74 bits per heavy atom. The standard InChI is InChI=1S/C18H16BrN3S/c1-22(2)16-9-3-13(4-10-16)11-20-18-21-17(12-23-18)14-5-7-15(19)8-6-14/h3-12H,1-2H3/b20-11+. The second-order valence-corrected chi connectivity index (χ2v) is 7.02. The molecule has 1 heterocycles. The average Bonchev–Trinajstić information content (AvgIpc) is 3.03. The highest BCUT2D eigenvalue weighted by molar-refractivity contribution is 9.10. The van der Waals surface area contributed by atoms with Crippen LogP contribution in [0.15, 0.2) is 63.4 Å². The van der Waals surface area contributed by atoms with E-state index >= 15 is 0 Å². The minimum atomic E-state index is 0.764. The van der Waals surface area contributed by atoms with Crippen molar-refractivity contribution in [3.8, 4) is 11.3 Å². The lowest BCUT2D eigenvalue weighted by molar-refractivity contribution is 1.13. The average molecular weight is 386 g/mol. The zero-order chi connectivity index (χ0) is 16.2. The third-order valence-electron chi connectivity index (χ3n) is 3.37. The van der Waals surface area contributed by atoms with Gasteiger partial charge in [-0.3, -0.25) is 0 Å². The summed E-state index contributed by atoms with van der Waals surface area (Å²) in [5, 5.41) is 2.80. The van der Waals surface area contributed by atoms with Crippen LogP contribution in [-0.2, 0) is 0 Å². The van der Waals surface area contributed by atoms with Crippen molar-refractivity contribution in [1.29, 1.82) is 0 Å². The topological polar surface area (TPSA) is 28.5 Å². The predicted molar refractivity (Wildman–Crippen MR) is 103 cm³/mol. The van der Waals surface area contributed by atoms with Gasteiger partial charge in [0.05, 0.1) is 5.69 Å². The summed E-state index contributed by atoms with van der Waals surface area (Å²) in [5.74, 6) is 0. The number of aromatic nitrogens is 1. The van der Waals surface area contributed by atoms with E-state index in [0.717, 1.165) is 26.4 Å². The number of thiazole rings is 1. The Morgan fingerprint density at radius 3 is 2.39 bits per heavy atom. The smallest absolute Gasteiger partial charge is 0.209 e. The molecule has 0 spiro atoms. The normalized spacial score (nSPS) is 11.1. The summed E-state index contributed by atoms with van der Waals surface area (Å²) < 4.78 is 1.07. The third-order valence-corrected chi connectivity index (χ3v) is 4.64. The second kappa shape index (κ2) is 7.06. The van der Waals surface area contributed by atoms with Crippen molar-refractivity contribution in [3.05, 3.63) is 63.9 Å². The molecule has 0 saturated heterocycles. The highest BCUT2D eigenvalue weighted by Crippen LogP contribution is 2.27. The summed E-state index contributed by atoms with van der Waals surface area (Å²) in [6.07, 6.45) is 1.85. The fraction of sp³-hybridized carbons (Fsp3) is 0.111. The molecule has 5 heteroatoms. The van der Waals surface area contributed by atoms with Crippen LogP contribution in [0.2, 0.25) is 0 Å². The van der Waals surface area contributed by atoms with Crippen LogP contribution in [0.5, 0.6) is 0 Å². The van der Waals surface area contributed by atoms with Gasteiger partial charge in [-0.1, -0.05) is 40.2 Å². The van der Waals surface area contributed by atoms with Crippen LogP contribution in [0.4, 0.5) is 10.8 Å². The molecule has 3 rings (SSSR count). The van der Waals surface area contributed by atoms with Gasteiger partial charge in [0.15, 0.2) is 0 Å². The Morgan fingerprint density at radius 1 is 1.04 bits per heavy atom. The summed E-state index contributed by atoms with van der Waals surface area (Å²) in [6, 6.07) is 16.4. The summed E-state index contributed by atoms with van der Waals surface area (Å²) in [7, 11) is 4.06. The van der Waals surface area contributed by atoms with E-state index in [0.29, 0.717) is 0 Å². The van der Waals surface area contributed by atoms with Gasteiger partial charge in [0.1, 0.15) is 0 Å². The summed E-state index contributed by atoms with van der Waals surface area (Å²) in [4.78, 5) is 11.1. The van der Waals surface area contributed by atoms with E-state index in [2.05, 4.69) is 55.1 Å². The fourth-order valence-electron chi connectivity index (χ4n) is 2.07. The number of nitrogens with zero attached hydrogens (tertiary/aromatic N) is 3. The maximum absolute atomic E-state index is 4.57. The lowest BCUT2D eigenvalue weighted by atomic mass is 10.2. The first-order valence-corrected chi connectivity index (χ1v) is 8.82. The van der Waals surface area contributed by atoms with Gasteiger partial charge in [-0.05, 0) is 29.8 Å². The molecule has 23 heavy (non-hydrogen) atoms. The van der Waals surface area contributed by atoms with Crippen molar-refractivity contribution >= 4 is 44.3 Å². The van der Waals surface area contributed by atoms with Crippen molar-refractivity contribution in [2.45, 2.75) is 0 Å². The number of benzene rings is 2. The molecule has 0 bridgehead atoms. The van der Waals surface area contributed by atoms with Crippen LogP contribution >= 0.6 is 27.3 Å². The van der Waals surface area contributed by atoms with Gasteiger partial charge in [-0.15, -0.1) is 11.3 Å². The maximum atomic E-state index is 4.57. The van der Waals surface area contributed by atoms with Crippen molar-refractivity contribution in [2.24, 2.45) is 4.99 Å². The Hall–Kier alpha value is -1.98. The van der Waals surface area contributed by atoms with Gasteiger partial charge in [-0.25, -0.2) is 9.98 Å².